The van der Waals surface area contributed by atoms with Gasteiger partial charge in [0.05, 0.1) is 0 Å². The number of rotatable bonds is 4. The molecule has 3 aromatic rings. The molecule has 0 radical (unpaired) electrons. The van der Waals surface area contributed by atoms with Crippen LogP contribution >= 0.6 is 0 Å². The van der Waals surface area contributed by atoms with Crippen molar-refractivity contribution in [2.45, 2.75) is 19.5 Å². The van der Waals surface area contributed by atoms with E-state index in [2.05, 4.69) is 16.8 Å². The SMILES string of the molecule is C[C@H](c1ccncc1)N(C)Cc1cc(=O)oc2cc(O)c(O)cc12. The lowest BCUT2D eigenvalue weighted by molar-refractivity contribution is 0.253. The van der Waals surface area contributed by atoms with E-state index < -0.39 is 5.63 Å². The zero-order valence-electron chi connectivity index (χ0n) is 13.4. The van der Waals surface area contributed by atoms with Gasteiger partial charge in [0.25, 0.3) is 0 Å². The molecule has 0 aliphatic heterocycles. The lowest BCUT2D eigenvalue weighted by Gasteiger charge is -2.25. The summed E-state index contributed by atoms with van der Waals surface area (Å²) >= 11 is 0. The molecule has 124 valence electrons. The highest BCUT2D eigenvalue weighted by atomic mass is 16.4. The Bertz CT molecular complexity index is 921. The number of aromatic hydroxyl groups is 2. The van der Waals surface area contributed by atoms with Gasteiger partial charge in [-0.1, -0.05) is 0 Å². The molecule has 0 fully saturated rings. The molecule has 0 aliphatic rings. The molecule has 2 heterocycles. The minimum absolute atomic E-state index is 0.112. The summed E-state index contributed by atoms with van der Waals surface area (Å²) in [4.78, 5) is 17.9. The molecule has 1 atom stereocenters. The number of hydrogen-bond donors (Lipinski definition) is 2. The molecule has 0 bridgehead atoms. The normalized spacial score (nSPS) is 12.6. The number of nitrogens with zero attached hydrogens (tertiary/aromatic N) is 2. The molecule has 2 aromatic heterocycles. The molecule has 0 spiro atoms. The van der Waals surface area contributed by atoms with E-state index in [0.717, 1.165) is 11.1 Å². The third-order valence-corrected chi connectivity index (χ3v) is 4.19. The summed E-state index contributed by atoms with van der Waals surface area (Å²) in [5.41, 5.74) is 1.59. The highest BCUT2D eigenvalue weighted by Gasteiger charge is 2.16. The fourth-order valence-electron chi connectivity index (χ4n) is 2.68. The third kappa shape index (κ3) is 3.09. The molecule has 2 N–H and O–H groups in total. The Morgan fingerprint density at radius 1 is 1.17 bits per heavy atom. The largest absolute Gasteiger partial charge is 0.504 e. The Kier molecular flexibility index (Phi) is 4.22. The summed E-state index contributed by atoms with van der Waals surface area (Å²) in [6.07, 6.45) is 3.49. The molecule has 3 rings (SSSR count). The van der Waals surface area contributed by atoms with E-state index in [9.17, 15) is 15.0 Å². The first-order valence-corrected chi connectivity index (χ1v) is 7.54. The molecule has 6 nitrogen and oxygen atoms in total. The number of fused-ring (bicyclic) bond motifs is 1. The number of hydrogen-bond acceptors (Lipinski definition) is 6. The van der Waals surface area contributed by atoms with Crippen molar-refractivity contribution in [3.63, 3.8) is 0 Å². The predicted molar refractivity (Wildman–Crippen MR) is 89.9 cm³/mol. The van der Waals surface area contributed by atoms with Gasteiger partial charge < -0.3 is 14.6 Å². The third-order valence-electron chi connectivity index (χ3n) is 4.19. The predicted octanol–water partition coefficient (Wildman–Crippen LogP) is 2.79. The van der Waals surface area contributed by atoms with Crippen molar-refractivity contribution in [3.05, 3.63) is 64.3 Å². The van der Waals surface area contributed by atoms with Crippen molar-refractivity contribution < 1.29 is 14.6 Å². The van der Waals surface area contributed by atoms with E-state index in [1.165, 1.54) is 18.2 Å². The van der Waals surface area contributed by atoms with Crippen LogP contribution in [0.25, 0.3) is 11.0 Å². The molecule has 6 heteroatoms. The lowest BCUT2D eigenvalue weighted by Crippen LogP contribution is -2.22. The minimum Gasteiger partial charge on any atom is -0.504 e. The summed E-state index contributed by atoms with van der Waals surface area (Å²) in [6.45, 7) is 2.54. The van der Waals surface area contributed by atoms with Crippen molar-refractivity contribution in [1.29, 1.82) is 0 Å². The topological polar surface area (TPSA) is 86.8 Å². The molecular formula is C18H18N2O4. The van der Waals surface area contributed by atoms with Crippen molar-refractivity contribution in [2.24, 2.45) is 0 Å². The highest BCUT2D eigenvalue weighted by Crippen LogP contribution is 2.32. The van der Waals surface area contributed by atoms with Crippen LogP contribution in [0, 0.1) is 0 Å². The minimum atomic E-state index is -0.493. The molecule has 24 heavy (non-hydrogen) atoms. The van der Waals surface area contributed by atoms with Crippen molar-refractivity contribution in [2.75, 3.05) is 7.05 Å². The summed E-state index contributed by atoms with van der Waals surface area (Å²) < 4.78 is 5.11. The van der Waals surface area contributed by atoms with Crippen LogP contribution in [0.5, 0.6) is 11.5 Å². The monoisotopic (exact) mass is 326 g/mol. The fraction of sp³-hybridized carbons (Fsp3) is 0.222. The Morgan fingerprint density at radius 2 is 1.83 bits per heavy atom. The van der Waals surface area contributed by atoms with E-state index >= 15 is 0 Å². The van der Waals surface area contributed by atoms with Gasteiger partial charge in [0.15, 0.2) is 11.5 Å². The Balaban J connectivity index is 1.97. The lowest BCUT2D eigenvalue weighted by atomic mass is 10.1. The zero-order chi connectivity index (χ0) is 17.3. The molecule has 0 amide bonds. The average molecular weight is 326 g/mol. The Hall–Kier alpha value is -2.86. The number of pyridine rings is 1. The quantitative estimate of drug-likeness (QED) is 0.566. The smallest absolute Gasteiger partial charge is 0.336 e. The van der Waals surface area contributed by atoms with Gasteiger partial charge in [0.2, 0.25) is 0 Å². The molecular weight excluding hydrogens is 308 g/mol. The second-order valence-corrected chi connectivity index (χ2v) is 5.80. The van der Waals surface area contributed by atoms with Crippen LogP contribution in [0.2, 0.25) is 0 Å². The Labute approximate surface area is 138 Å². The summed E-state index contributed by atoms with van der Waals surface area (Å²) in [6, 6.07) is 8.08. The van der Waals surface area contributed by atoms with Gasteiger partial charge in [0.1, 0.15) is 5.58 Å². The van der Waals surface area contributed by atoms with Crippen LogP contribution in [-0.4, -0.2) is 27.1 Å². The van der Waals surface area contributed by atoms with Crippen LogP contribution in [0.3, 0.4) is 0 Å². The zero-order valence-corrected chi connectivity index (χ0v) is 13.4. The first-order chi connectivity index (χ1) is 11.5. The molecule has 0 unspecified atom stereocenters. The van der Waals surface area contributed by atoms with E-state index in [4.69, 9.17) is 4.42 Å². The second kappa shape index (κ2) is 6.33. The van der Waals surface area contributed by atoms with Gasteiger partial charge in [-0.05, 0) is 43.3 Å². The van der Waals surface area contributed by atoms with Crippen LogP contribution in [0.4, 0.5) is 0 Å². The summed E-state index contributed by atoms with van der Waals surface area (Å²) in [5.74, 6) is -0.566. The maximum atomic E-state index is 11.8. The first kappa shape index (κ1) is 16.0. The molecule has 0 aliphatic carbocycles. The van der Waals surface area contributed by atoms with E-state index in [1.54, 1.807) is 12.4 Å². The molecule has 1 aromatic carbocycles. The van der Waals surface area contributed by atoms with E-state index in [-0.39, 0.29) is 23.1 Å². The van der Waals surface area contributed by atoms with Crippen LogP contribution in [0.1, 0.15) is 24.1 Å². The van der Waals surface area contributed by atoms with Crippen LogP contribution in [0.15, 0.2) is 51.9 Å². The standard InChI is InChI=1S/C18H18N2O4/c1-11(12-3-5-19-6-4-12)20(2)10-13-7-18(23)24-17-9-16(22)15(21)8-14(13)17/h3-9,11,21-22H,10H2,1-2H3/t11-/m1/s1. The maximum absolute atomic E-state index is 11.8. The average Bonchev–Trinajstić information content (AvgIpc) is 2.56. The number of phenols is 2. The maximum Gasteiger partial charge on any atom is 0.336 e. The fourth-order valence-corrected chi connectivity index (χ4v) is 2.68. The molecule has 0 saturated heterocycles. The van der Waals surface area contributed by atoms with Crippen LogP contribution < -0.4 is 5.63 Å². The van der Waals surface area contributed by atoms with Gasteiger partial charge in [-0.25, -0.2) is 4.79 Å². The van der Waals surface area contributed by atoms with Gasteiger partial charge in [-0.3, -0.25) is 9.88 Å². The van der Waals surface area contributed by atoms with Crippen molar-refractivity contribution >= 4 is 11.0 Å². The second-order valence-electron chi connectivity index (χ2n) is 5.80. The summed E-state index contributed by atoms with van der Waals surface area (Å²) in [7, 11) is 1.95. The van der Waals surface area contributed by atoms with E-state index in [1.807, 2.05) is 19.2 Å². The highest BCUT2D eigenvalue weighted by molar-refractivity contribution is 5.83. The first-order valence-electron chi connectivity index (χ1n) is 7.54. The van der Waals surface area contributed by atoms with Crippen molar-refractivity contribution in [3.8, 4) is 11.5 Å². The number of phenolic OH excluding ortho intramolecular Hbond substituents is 2. The van der Waals surface area contributed by atoms with Crippen LogP contribution in [-0.2, 0) is 6.54 Å². The Morgan fingerprint density at radius 3 is 2.54 bits per heavy atom. The van der Waals surface area contributed by atoms with Gasteiger partial charge in [0, 0.05) is 42.5 Å². The molecule has 0 saturated carbocycles. The number of aromatic nitrogens is 1. The number of benzene rings is 1. The van der Waals surface area contributed by atoms with Gasteiger partial charge >= 0.3 is 5.63 Å². The summed E-state index contributed by atoms with van der Waals surface area (Å²) in [5, 5.41) is 19.9. The van der Waals surface area contributed by atoms with E-state index in [0.29, 0.717) is 11.9 Å². The van der Waals surface area contributed by atoms with Crippen molar-refractivity contribution in [1.82, 2.24) is 9.88 Å². The van der Waals surface area contributed by atoms with Gasteiger partial charge in [-0.2, -0.15) is 0 Å². The van der Waals surface area contributed by atoms with Gasteiger partial charge in [-0.15, -0.1) is 0 Å².